The lowest BCUT2D eigenvalue weighted by atomic mass is 9.80. The molecular formula is C18H29N3O. The van der Waals surface area contributed by atoms with E-state index in [2.05, 4.69) is 36.4 Å². The number of hydrogen-bond donors (Lipinski definition) is 3. The number of benzene rings is 1. The molecule has 1 aliphatic rings. The fourth-order valence-corrected chi connectivity index (χ4v) is 3.35. The van der Waals surface area contributed by atoms with Gasteiger partial charge in [0.1, 0.15) is 5.75 Å². The molecular weight excluding hydrogens is 274 g/mol. The van der Waals surface area contributed by atoms with E-state index in [1.165, 1.54) is 19.3 Å². The quantitative estimate of drug-likeness (QED) is 0.591. The first-order valence-corrected chi connectivity index (χ1v) is 8.39. The molecule has 2 rings (SSSR count). The van der Waals surface area contributed by atoms with Crippen LogP contribution in [0.15, 0.2) is 29.3 Å². The van der Waals surface area contributed by atoms with Crippen LogP contribution in [0.4, 0.5) is 0 Å². The van der Waals surface area contributed by atoms with Gasteiger partial charge in [0.25, 0.3) is 0 Å². The van der Waals surface area contributed by atoms with Gasteiger partial charge in [-0.25, -0.2) is 4.99 Å². The largest absolute Gasteiger partial charge is 0.508 e. The van der Waals surface area contributed by atoms with Crippen molar-refractivity contribution in [2.24, 2.45) is 16.8 Å². The summed E-state index contributed by atoms with van der Waals surface area (Å²) < 4.78 is 0. The lowest BCUT2D eigenvalue weighted by molar-refractivity contribution is 0.255. The van der Waals surface area contributed by atoms with Crippen LogP contribution < -0.4 is 10.6 Å². The molecule has 0 aromatic heterocycles. The summed E-state index contributed by atoms with van der Waals surface area (Å²) in [6, 6.07) is 7.74. The predicted octanol–water partition coefficient (Wildman–Crippen LogP) is 3.27. The van der Waals surface area contributed by atoms with Crippen molar-refractivity contribution in [3.63, 3.8) is 0 Å². The Balaban J connectivity index is 1.96. The summed E-state index contributed by atoms with van der Waals surface area (Å²) >= 11 is 0. The van der Waals surface area contributed by atoms with Gasteiger partial charge in [0, 0.05) is 12.6 Å². The summed E-state index contributed by atoms with van der Waals surface area (Å²) in [5.74, 6) is 2.74. The first-order chi connectivity index (χ1) is 10.6. The van der Waals surface area contributed by atoms with Crippen molar-refractivity contribution in [3.8, 4) is 5.75 Å². The van der Waals surface area contributed by atoms with Crippen LogP contribution in [0.3, 0.4) is 0 Å². The first-order valence-electron chi connectivity index (χ1n) is 8.39. The zero-order chi connectivity index (χ0) is 15.9. The number of nitrogens with zero attached hydrogens (tertiary/aromatic N) is 1. The third kappa shape index (κ3) is 5.24. The second-order valence-corrected chi connectivity index (χ2v) is 6.62. The lowest BCUT2D eigenvalue weighted by Crippen LogP contribution is -2.46. The van der Waals surface area contributed by atoms with Crippen molar-refractivity contribution in [1.82, 2.24) is 10.6 Å². The minimum Gasteiger partial charge on any atom is -0.508 e. The van der Waals surface area contributed by atoms with Crippen LogP contribution in [0.1, 0.15) is 45.6 Å². The summed E-state index contributed by atoms with van der Waals surface area (Å²) in [6.07, 6.45) is 3.77. The van der Waals surface area contributed by atoms with Crippen molar-refractivity contribution in [2.45, 2.75) is 52.6 Å². The van der Waals surface area contributed by atoms with Crippen LogP contribution in [0.5, 0.6) is 5.75 Å². The molecule has 1 aromatic rings. The highest BCUT2D eigenvalue weighted by atomic mass is 16.3. The minimum absolute atomic E-state index is 0.294. The van der Waals surface area contributed by atoms with Crippen LogP contribution in [-0.4, -0.2) is 23.7 Å². The Bertz CT molecular complexity index is 474. The summed E-state index contributed by atoms with van der Waals surface area (Å²) in [4.78, 5) is 4.67. The first kappa shape index (κ1) is 16.7. The van der Waals surface area contributed by atoms with Gasteiger partial charge in [0.2, 0.25) is 0 Å². The van der Waals surface area contributed by atoms with Crippen molar-refractivity contribution in [3.05, 3.63) is 29.8 Å². The van der Waals surface area contributed by atoms with E-state index in [1.807, 2.05) is 12.1 Å². The maximum absolute atomic E-state index is 9.32. The highest BCUT2D eigenvalue weighted by molar-refractivity contribution is 5.80. The topological polar surface area (TPSA) is 56.7 Å². The van der Waals surface area contributed by atoms with E-state index < -0.39 is 0 Å². The molecule has 0 bridgehead atoms. The number of guanidine groups is 1. The number of phenolic OH excluding ortho intramolecular Hbond substituents is 1. The zero-order valence-corrected chi connectivity index (χ0v) is 14.0. The summed E-state index contributed by atoms with van der Waals surface area (Å²) in [7, 11) is 0. The van der Waals surface area contributed by atoms with E-state index in [9.17, 15) is 5.11 Å². The smallest absolute Gasteiger partial charge is 0.191 e. The second kappa shape index (κ2) is 8.06. The number of hydrogen-bond acceptors (Lipinski definition) is 2. The molecule has 0 saturated heterocycles. The molecule has 0 amide bonds. The van der Waals surface area contributed by atoms with Crippen LogP contribution in [0, 0.1) is 11.8 Å². The van der Waals surface area contributed by atoms with Crippen molar-refractivity contribution in [2.75, 3.05) is 6.54 Å². The standard InChI is InChI=1S/C18H29N3O/c1-4-19-18(20-12-15-5-7-17(22)8-6-15)21-16-10-13(2)9-14(3)11-16/h5-8,13-14,16,22H,4,9-12H2,1-3H3,(H2,19,20,21). The minimum atomic E-state index is 0.294. The molecule has 4 heteroatoms. The van der Waals surface area contributed by atoms with E-state index in [0.29, 0.717) is 18.3 Å². The molecule has 2 atom stereocenters. The van der Waals surface area contributed by atoms with Crippen LogP contribution in [0.2, 0.25) is 0 Å². The highest BCUT2D eigenvalue weighted by Gasteiger charge is 2.24. The molecule has 1 aliphatic carbocycles. The SMILES string of the molecule is CCNC(=NCc1ccc(O)cc1)NC1CC(C)CC(C)C1. The summed E-state index contributed by atoms with van der Waals surface area (Å²) in [5, 5.41) is 16.2. The Morgan fingerprint density at radius 3 is 2.36 bits per heavy atom. The molecule has 1 saturated carbocycles. The average Bonchev–Trinajstić information content (AvgIpc) is 2.45. The van der Waals surface area contributed by atoms with Gasteiger partial charge < -0.3 is 15.7 Å². The molecule has 22 heavy (non-hydrogen) atoms. The average molecular weight is 303 g/mol. The fraction of sp³-hybridized carbons (Fsp3) is 0.611. The van der Waals surface area contributed by atoms with Crippen LogP contribution in [-0.2, 0) is 6.54 Å². The normalized spacial score (nSPS) is 25.8. The molecule has 1 fully saturated rings. The van der Waals surface area contributed by atoms with Crippen molar-refractivity contribution < 1.29 is 5.11 Å². The molecule has 0 spiro atoms. The van der Waals surface area contributed by atoms with Gasteiger partial charge in [0.05, 0.1) is 6.54 Å². The third-order valence-corrected chi connectivity index (χ3v) is 4.22. The van der Waals surface area contributed by atoms with Crippen molar-refractivity contribution >= 4 is 5.96 Å². The molecule has 122 valence electrons. The van der Waals surface area contributed by atoms with Gasteiger partial charge in [-0.15, -0.1) is 0 Å². The highest BCUT2D eigenvalue weighted by Crippen LogP contribution is 2.28. The Hall–Kier alpha value is -1.71. The lowest BCUT2D eigenvalue weighted by Gasteiger charge is -2.32. The number of rotatable bonds is 4. The van der Waals surface area contributed by atoms with Crippen LogP contribution >= 0.6 is 0 Å². The molecule has 0 radical (unpaired) electrons. The second-order valence-electron chi connectivity index (χ2n) is 6.62. The monoisotopic (exact) mass is 303 g/mol. The zero-order valence-electron chi connectivity index (χ0n) is 14.0. The Morgan fingerprint density at radius 1 is 1.14 bits per heavy atom. The van der Waals surface area contributed by atoms with Gasteiger partial charge in [-0.3, -0.25) is 0 Å². The molecule has 0 heterocycles. The molecule has 4 nitrogen and oxygen atoms in total. The van der Waals surface area contributed by atoms with E-state index in [4.69, 9.17) is 0 Å². The predicted molar refractivity (Wildman–Crippen MR) is 92.0 cm³/mol. The molecule has 0 aliphatic heterocycles. The maximum atomic E-state index is 9.32. The maximum Gasteiger partial charge on any atom is 0.191 e. The Labute approximate surface area is 134 Å². The molecule has 2 unspecified atom stereocenters. The van der Waals surface area contributed by atoms with E-state index in [-0.39, 0.29) is 0 Å². The van der Waals surface area contributed by atoms with Gasteiger partial charge in [0.15, 0.2) is 5.96 Å². The number of aliphatic imine (C=N–C) groups is 1. The summed E-state index contributed by atoms with van der Waals surface area (Å²) in [5.41, 5.74) is 1.10. The Morgan fingerprint density at radius 2 is 1.77 bits per heavy atom. The number of phenols is 1. The van der Waals surface area contributed by atoms with E-state index in [0.717, 1.165) is 29.9 Å². The Kier molecular flexibility index (Phi) is 6.10. The van der Waals surface area contributed by atoms with E-state index >= 15 is 0 Å². The van der Waals surface area contributed by atoms with Gasteiger partial charge in [-0.2, -0.15) is 0 Å². The van der Waals surface area contributed by atoms with E-state index in [1.54, 1.807) is 12.1 Å². The van der Waals surface area contributed by atoms with Gasteiger partial charge >= 0.3 is 0 Å². The van der Waals surface area contributed by atoms with Gasteiger partial charge in [-0.1, -0.05) is 26.0 Å². The summed E-state index contributed by atoms with van der Waals surface area (Å²) in [6.45, 7) is 8.24. The number of nitrogens with one attached hydrogen (secondary N) is 2. The number of aromatic hydroxyl groups is 1. The third-order valence-electron chi connectivity index (χ3n) is 4.22. The fourth-order valence-electron chi connectivity index (χ4n) is 3.35. The molecule has 1 aromatic carbocycles. The van der Waals surface area contributed by atoms with Crippen molar-refractivity contribution in [1.29, 1.82) is 0 Å². The molecule has 3 N–H and O–H groups in total. The van der Waals surface area contributed by atoms with Crippen LogP contribution in [0.25, 0.3) is 0 Å². The van der Waals surface area contributed by atoms with Gasteiger partial charge in [-0.05, 0) is 55.7 Å².